The monoisotopic (exact) mass is 214 g/mol. The van der Waals surface area contributed by atoms with Crippen molar-refractivity contribution in [1.29, 1.82) is 0 Å². The predicted molar refractivity (Wildman–Crippen MR) is 57.4 cm³/mol. The molecule has 0 aromatic heterocycles. The lowest BCUT2D eigenvalue weighted by Crippen LogP contribution is -2.16. The van der Waals surface area contributed by atoms with Crippen LogP contribution in [0.3, 0.4) is 0 Å². The van der Waals surface area contributed by atoms with Crippen LogP contribution in [0.1, 0.15) is 12.5 Å². The lowest BCUT2D eigenvalue weighted by molar-refractivity contribution is 0.602. The lowest BCUT2D eigenvalue weighted by atomic mass is 10.2. The summed E-state index contributed by atoms with van der Waals surface area (Å²) in [6.45, 7) is 1.91. The fourth-order valence-corrected chi connectivity index (χ4v) is 1.72. The summed E-state index contributed by atoms with van der Waals surface area (Å²) < 4.78 is 25.0. The molecular weight excluding hydrogens is 200 g/mol. The predicted octanol–water partition coefficient (Wildman–Crippen LogP) is 0.907. The summed E-state index contributed by atoms with van der Waals surface area (Å²) in [7, 11) is -3.21. The van der Waals surface area contributed by atoms with E-state index in [0.29, 0.717) is 12.2 Å². The Labute approximate surface area is 84.2 Å². The molecule has 14 heavy (non-hydrogen) atoms. The number of hydrogen-bond acceptors (Lipinski definition) is 3. The molecule has 0 radical (unpaired) electrons. The second-order valence-corrected chi connectivity index (χ2v) is 4.88. The van der Waals surface area contributed by atoms with Crippen LogP contribution >= 0.6 is 0 Å². The molecule has 1 aromatic rings. The number of nitrogens with two attached hydrogens (primary N) is 1. The van der Waals surface area contributed by atoms with Gasteiger partial charge in [-0.05, 0) is 18.6 Å². The number of benzene rings is 1. The topological polar surface area (TPSA) is 72.2 Å². The van der Waals surface area contributed by atoms with Gasteiger partial charge in [0.05, 0.1) is 11.4 Å². The van der Waals surface area contributed by atoms with E-state index in [4.69, 9.17) is 5.73 Å². The van der Waals surface area contributed by atoms with Gasteiger partial charge in [0.15, 0.2) is 0 Å². The second kappa shape index (κ2) is 4.43. The van der Waals surface area contributed by atoms with Gasteiger partial charge in [0.2, 0.25) is 10.0 Å². The van der Waals surface area contributed by atoms with Crippen molar-refractivity contribution in [3.63, 3.8) is 0 Å². The van der Waals surface area contributed by atoms with E-state index >= 15 is 0 Å². The Hall–Kier alpha value is -1.07. The summed E-state index contributed by atoms with van der Waals surface area (Å²) in [4.78, 5) is 0. The molecule has 0 saturated heterocycles. The average molecular weight is 214 g/mol. The molecule has 0 spiro atoms. The molecule has 78 valence electrons. The van der Waals surface area contributed by atoms with E-state index in [1.165, 1.54) is 0 Å². The van der Waals surface area contributed by atoms with Crippen LogP contribution in [0.15, 0.2) is 24.3 Å². The van der Waals surface area contributed by atoms with Crippen LogP contribution in [0.4, 0.5) is 5.69 Å². The molecule has 0 unspecified atom stereocenters. The van der Waals surface area contributed by atoms with Gasteiger partial charge in [-0.2, -0.15) is 0 Å². The maximum Gasteiger partial charge on any atom is 0.232 e. The van der Waals surface area contributed by atoms with E-state index in [1.54, 1.807) is 25.1 Å². The van der Waals surface area contributed by atoms with Crippen LogP contribution in [0.25, 0.3) is 0 Å². The van der Waals surface area contributed by atoms with Gasteiger partial charge in [-0.1, -0.05) is 18.2 Å². The molecule has 3 N–H and O–H groups in total. The Morgan fingerprint density at radius 2 is 2.00 bits per heavy atom. The quantitative estimate of drug-likeness (QED) is 0.782. The first-order valence-corrected chi connectivity index (χ1v) is 6.02. The number of anilines is 1. The Balaban J connectivity index is 2.97. The number of nitrogens with one attached hydrogen (secondary N) is 1. The first kappa shape index (κ1) is 11.0. The van der Waals surface area contributed by atoms with Gasteiger partial charge in [0.25, 0.3) is 0 Å². The van der Waals surface area contributed by atoms with Gasteiger partial charge in [-0.15, -0.1) is 0 Å². The van der Waals surface area contributed by atoms with Crippen LogP contribution in [0, 0.1) is 0 Å². The molecule has 0 aliphatic carbocycles. The van der Waals surface area contributed by atoms with Gasteiger partial charge >= 0.3 is 0 Å². The summed E-state index contributed by atoms with van der Waals surface area (Å²) in [5, 5.41) is 0. The highest BCUT2D eigenvalue weighted by Crippen LogP contribution is 2.15. The first-order valence-electron chi connectivity index (χ1n) is 4.37. The third kappa shape index (κ3) is 2.71. The fraction of sp³-hybridized carbons (Fsp3) is 0.333. The molecule has 4 nitrogen and oxygen atoms in total. The minimum Gasteiger partial charge on any atom is -0.326 e. The molecule has 0 atom stereocenters. The summed E-state index contributed by atoms with van der Waals surface area (Å²) in [5.74, 6) is 0.0614. The van der Waals surface area contributed by atoms with Crippen LogP contribution in [-0.4, -0.2) is 14.2 Å². The molecule has 0 amide bonds. The maximum atomic E-state index is 11.3. The summed E-state index contributed by atoms with van der Waals surface area (Å²) in [6, 6.07) is 7.10. The zero-order valence-electron chi connectivity index (χ0n) is 8.03. The number of hydrogen-bond donors (Lipinski definition) is 2. The lowest BCUT2D eigenvalue weighted by Gasteiger charge is -2.09. The fourth-order valence-electron chi connectivity index (χ4n) is 1.04. The number of para-hydroxylation sites is 1. The first-order chi connectivity index (χ1) is 6.59. The smallest absolute Gasteiger partial charge is 0.232 e. The normalized spacial score (nSPS) is 11.3. The molecular formula is C9H14N2O2S. The SMILES string of the molecule is CCS(=O)(=O)Nc1ccccc1CN. The highest BCUT2D eigenvalue weighted by molar-refractivity contribution is 7.92. The van der Waals surface area contributed by atoms with E-state index in [2.05, 4.69) is 4.72 Å². The Morgan fingerprint density at radius 3 is 2.57 bits per heavy atom. The zero-order chi connectivity index (χ0) is 10.6. The molecule has 1 aromatic carbocycles. The van der Waals surface area contributed by atoms with Crippen molar-refractivity contribution in [3.8, 4) is 0 Å². The molecule has 0 fully saturated rings. The van der Waals surface area contributed by atoms with Crippen molar-refractivity contribution >= 4 is 15.7 Å². The summed E-state index contributed by atoms with van der Waals surface area (Å²) >= 11 is 0. The summed E-state index contributed by atoms with van der Waals surface area (Å²) in [6.07, 6.45) is 0. The van der Waals surface area contributed by atoms with E-state index < -0.39 is 10.0 Å². The molecule has 5 heteroatoms. The molecule has 0 aliphatic rings. The van der Waals surface area contributed by atoms with Crippen molar-refractivity contribution in [1.82, 2.24) is 0 Å². The van der Waals surface area contributed by atoms with Gasteiger partial charge in [-0.25, -0.2) is 8.42 Å². The van der Waals surface area contributed by atoms with Gasteiger partial charge < -0.3 is 5.73 Å². The number of rotatable bonds is 4. The molecule has 1 rings (SSSR count). The maximum absolute atomic E-state index is 11.3. The largest absolute Gasteiger partial charge is 0.326 e. The molecule has 0 bridgehead atoms. The van der Waals surface area contributed by atoms with Gasteiger partial charge in [0.1, 0.15) is 0 Å². The van der Waals surface area contributed by atoms with E-state index in [0.717, 1.165) is 5.56 Å². The minimum atomic E-state index is -3.21. The van der Waals surface area contributed by atoms with E-state index in [1.807, 2.05) is 6.07 Å². The standard InChI is InChI=1S/C9H14N2O2S/c1-2-14(12,13)11-9-6-4-3-5-8(9)7-10/h3-6,11H,2,7,10H2,1H3. The minimum absolute atomic E-state index is 0.0614. The Bertz CT molecular complexity index is 401. The van der Waals surface area contributed by atoms with Gasteiger partial charge in [0, 0.05) is 6.54 Å². The number of sulfonamides is 1. The third-order valence-electron chi connectivity index (χ3n) is 1.88. The van der Waals surface area contributed by atoms with Crippen molar-refractivity contribution < 1.29 is 8.42 Å². The average Bonchev–Trinajstić information content (AvgIpc) is 2.18. The third-order valence-corrected chi connectivity index (χ3v) is 3.17. The van der Waals surface area contributed by atoms with Gasteiger partial charge in [-0.3, -0.25) is 4.72 Å². The molecule has 0 heterocycles. The van der Waals surface area contributed by atoms with E-state index in [-0.39, 0.29) is 5.75 Å². The molecule has 0 saturated carbocycles. The zero-order valence-corrected chi connectivity index (χ0v) is 8.84. The highest BCUT2D eigenvalue weighted by atomic mass is 32.2. The molecule has 0 aliphatic heterocycles. The van der Waals surface area contributed by atoms with Crippen LogP contribution in [0.5, 0.6) is 0 Å². The van der Waals surface area contributed by atoms with Crippen LogP contribution < -0.4 is 10.5 Å². The Kier molecular flexibility index (Phi) is 3.49. The second-order valence-electron chi connectivity index (χ2n) is 2.87. The highest BCUT2D eigenvalue weighted by Gasteiger charge is 2.08. The van der Waals surface area contributed by atoms with Crippen molar-refractivity contribution in [2.24, 2.45) is 5.73 Å². The van der Waals surface area contributed by atoms with Crippen LogP contribution in [-0.2, 0) is 16.6 Å². The van der Waals surface area contributed by atoms with Crippen molar-refractivity contribution in [2.45, 2.75) is 13.5 Å². The summed E-state index contributed by atoms with van der Waals surface area (Å²) in [5.41, 5.74) is 6.84. The van der Waals surface area contributed by atoms with Crippen molar-refractivity contribution in [3.05, 3.63) is 29.8 Å². The Morgan fingerprint density at radius 1 is 1.36 bits per heavy atom. The van der Waals surface area contributed by atoms with E-state index in [9.17, 15) is 8.42 Å². The van der Waals surface area contributed by atoms with Crippen LogP contribution in [0.2, 0.25) is 0 Å². The van der Waals surface area contributed by atoms with Crippen molar-refractivity contribution in [2.75, 3.05) is 10.5 Å².